The fourth-order valence-corrected chi connectivity index (χ4v) is 2.26. The highest BCUT2D eigenvalue weighted by atomic mass is 35.5. The molecule has 0 radical (unpaired) electrons. The number of pyridine rings is 1. The lowest BCUT2D eigenvalue weighted by molar-refractivity contribution is 0.601. The number of aromatic nitrogens is 1. The Morgan fingerprint density at radius 3 is 2.65 bits per heavy atom. The molecule has 0 spiro atoms. The van der Waals surface area contributed by atoms with E-state index in [1.807, 2.05) is 0 Å². The number of halogens is 2. The van der Waals surface area contributed by atoms with Crippen LogP contribution in [0.3, 0.4) is 0 Å². The second-order valence-corrected chi connectivity index (χ2v) is 6.75. The van der Waals surface area contributed by atoms with Gasteiger partial charge in [-0.1, -0.05) is 11.6 Å². The number of alkyl halides is 1. The molecule has 0 aliphatic carbocycles. The summed E-state index contributed by atoms with van der Waals surface area (Å²) in [6, 6.07) is 1.76. The summed E-state index contributed by atoms with van der Waals surface area (Å²) in [6.45, 7) is 0.384. The molecule has 4 nitrogen and oxygen atoms in total. The van der Waals surface area contributed by atoms with Gasteiger partial charge >= 0.3 is 0 Å². The van der Waals surface area contributed by atoms with E-state index in [2.05, 4.69) is 4.98 Å². The van der Waals surface area contributed by atoms with E-state index in [-0.39, 0.29) is 5.75 Å². The van der Waals surface area contributed by atoms with Crippen molar-refractivity contribution in [3.63, 3.8) is 0 Å². The third-order valence-electron chi connectivity index (χ3n) is 2.25. The Bertz CT molecular complexity index is 491. The molecule has 0 aliphatic rings. The van der Waals surface area contributed by atoms with Crippen molar-refractivity contribution in [3.8, 4) is 0 Å². The van der Waals surface area contributed by atoms with Gasteiger partial charge in [0.2, 0.25) is 0 Å². The largest absolute Gasteiger partial charge is 0.359 e. The minimum Gasteiger partial charge on any atom is -0.359 e. The normalized spacial score (nSPS) is 11.5. The number of anilines is 1. The first kappa shape index (κ1) is 14.5. The SMILES string of the molecule is CN(CCS(C)(=O)=O)c1cc(CCl)c(Cl)cn1. The van der Waals surface area contributed by atoms with Crippen molar-refractivity contribution in [1.82, 2.24) is 4.98 Å². The highest BCUT2D eigenvalue weighted by Gasteiger charge is 2.09. The third-order valence-corrected chi connectivity index (χ3v) is 3.81. The molecule has 0 aromatic carbocycles. The maximum Gasteiger partial charge on any atom is 0.149 e. The summed E-state index contributed by atoms with van der Waals surface area (Å²) in [5, 5.41) is 0.514. The number of sulfone groups is 1. The van der Waals surface area contributed by atoms with Crippen LogP contribution in [-0.2, 0) is 15.7 Å². The second-order valence-electron chi connectivity index (χ2n) is 3.82. The highest BCUT2D eigenvalue weighted by molar-refractivity contribution is 7.90. The van der Waals surface area contributed by atoms with Gasteiger partial charge in [0.05, 0.1) is 10.8 Å². The average molecular weight is 297 g/mol. The summed E-state index contributed by atoms with van der Waals surface area (Å²) in [5.74, 6) is 1.05. The molecule has 0 bridgehead atoms. The highest BCUT2D eigenvalue weighted by Crippen LogP contribution is 2.21. The topological polar surface area (TPSA) is 50.3 Å². The zero-order valence-corrected chi connectivity index (χ0v) is 12.0. The van der Waals surface area contributed by atoms with Crippen molar-refractivity contribution in [2.45, 2.75) is 5.88 Å². The van der Waals surface area contributed by atoms with E-state index in [0.29, 0.717) is 23.3 Å². The fraction of sp³-hybridized carbons (Fsp3) is 0.500. The number of nitrogens with zero attached hydrogens (tertiary/aromatic N) is 2. The van der Waals surface area contributed by atoms with E-state index in [4.69, 9.17) is 23.2 Å². The van der Waals surface area contributed by atoms with Gasteiger partial charge in [0, 0.05) is 31.9 Å². The van der Waals surface area contributed by atoms with Crippen LogP contribution in [0, 0.1) is 0 Å². The molecule has 96 valence electrons. The van der Waals surface area contributed by atoms with Crippen LogP contribution in [0.2, 0.25) is 5.02 Å². The lowest BCUT2D eigenvalue weighted by atomic mass is 10.3. The maximum atomic E-state index is 11.1. The van der Waals surface area contributed by atoms with Crippen LogP contribution in [0.4, 0.5) is 5.82 Å². The summed E-state index contributed by atoms with van der Waals surface area (Å²) in [6.07, 6.45) is 2.73. The van der Waals surface area contributed by atoms with Crippen LogP contribution < -0.4 is 4.90 Å². The monoisotopic (exact) mass is 296 g/mol. The minimum absolute atomic E-state index is 0.0873. The first-order chi connectivity index (χ1) is 7.83. The smallest absolute Gasteiger partial charge is 0.149 e. The lowest BCUT2D eigenvalue weighted by Crippen LogP contribution is -2.25. The average Bonchev–Trinajstić information content (AvgIpc) is 2.25. The van der Waals surface area contributed by atoms with E-state index in [9.17, 15) is 8.42 Å². The van der Waals surface area contributed by atoms with Gasteiger partial charge in [-0.2, -0.15) is 0 Å². The fourth-order valence-electron chi connectivity index (χ4n) is 1.20. The van der Waals surface area contributed by atoms with E-state index in [1.165, 1.54) is 12.5 Å². The van der Waals surface area contributed by atoms with Crippen molar-refractivity contribution in [2.75, 3.05) is 30.5 Å². The van der Waals surface area contributed by atoms with Crippen LogP contribution in [0.5, 0.6) is 0 Å². The van der Waals surface area contributed by atoms with Gasteiger partial charge in [-0.05, 0) is 11.6 Å². The Kier molecular flexibility index (Phi) is 5.04. The molecule has 0 fully saturated rings. The second kappa shape index (κ2) is 5.89. The minimum atomic E-state index is -2.97. The first-order valence-corrected chi connectivity index (χ1v) is 7.90. The molecule has 0 amide bonds. The molecule has 1 heterocycles. The van der Waals surface area contributed by atoms with Gasteiger partial charge in [0.25, 0.3) is 0 Å². The molecule has 1 aromatic heterocycles. The van der Waals surface area contributed by atoms with Crippen LogP contribution in [0.15, 0.2) is 12.3 Å². The molecule has 0 aliphatic heterocycles. The molecular formula is C10H14Cl2N2O2S. The summed E-state index contributed by atoms with van der Waals surface area (Å²) >= 11 is 11.6. The van der Waals surface area contributed by atoms with Crippen LogP contribution >= 0.6 is 23.2 Å². The lowest BCUT2D eigenvalue weighted by Gasteiger charge is -2.18. The molecule has 7 heteroatoms. The van der Waals surface area contributed by atoms with Crippen LogP contribution in [-0.4, -0.2) is 39.0 Å². The molecule has 0 atom stereocenters. The van der Waals surface area contributed by atoms with Crippen molar-refractivity contribution in [1.29, 1.82) is 0 Å². The van der Waals surface area contributed by atoms with Gasteiger partial charge in [0.1, 0.15) is 15.7 Å². The van der Waals surface area contributed by atoms with Crippen molar-refractivity contribution in [3.05, 3.63) is 22.8 Å². The standard InChI is InChI=1S/C10H14Cl2N2O2S/c1-14(3-4-17(2,15)16)10-5-8(6-11)9(12)7-13-10/h5,7H,3-4,6H2,1-2H3. The summed E-state index contributed by atoms with van der Waals surface area (Å²) in [5.41, 5.74) is 0.782. The predicted octanol–water partition coefficient (Wildman–Crippen LogP) is 1.95. The molecule has 17 heavy (non-hydrogen) atoms. The Hall–Kier alpha value is -0.520. The maximum absolute atomic E-state index is 11.1. The molecule has 1 aromatic rings. The van der Waals surface area contributed by atoms with Gasteiger partial charge in [-0.25, -0.2) is 13.4 Å². The zero-order chi connectivity index (χ0) is 13.1. The Morgan fingerprint density at radius 1 is 1.47 bits per heavy atom. The van der Waals surface area contributed by atoms with Gasteiger partial charge in [-0.3, -0.25) is 0 Å². The van der Waals surface area contributed by atoms with E-state index in [0.717, 1.165) is 5.56 Å². The quantitative estimate of drug-likeness (QED) is 0.780. The molecular weight excluding hydrogens is 283 g/mol. The molecule has 0 unspecified atom stereocenters. The molecule has 0 N–H and O–H groups in total. The third kappa shape index (κ3) is 4.69. The Labute approximate surface area is 111 Å². The first-order valence-electron chi connectivity index (χ1n) is 4.92. The van der Waals surface area contributed by atoms with Crippen LogP contribution in [0.1, 0.15) is 5.56 Å². The molecule has 1 rings (SSSR count). The Morgan fingerprint density at radius 2 is 2.12 bits per heavy atom. The van der Waals surface area contributed by atoms with Crippen molar-refractivity contribution < 1.29 is 8.42 Å². The summed E-state index contributed by atoms with van der Waals surface area (Å²) in [4.78, 5) is 5.89. The van der Waals surface area contributed by atoms with Gasteiger partial charge in [0.15, 0.2) is 0 Å². The molecule has 0 saturated heterocycles. The van der Waals surface area contributed by atoms with Crippen molar-refractivity contribution in [2.24, 2.45) is 0 Å². The van der Waals surface area contributed by atoms with Gasteiger partial charge in [-0.15, -0.1) is 11.6 Å². The summed E-state index contributed by atoms with van der Waals surface area (Å²) in [7, 11) is -1.20. The van der Waals surface area contributed by atoms with Crippen molar-refractivity contribution >= 4 is 38.9 Å². The van der Waals surface area contributed by atoms with Gasteiger partial charge < -0.3 is 4.90 Å². The van der Waals surface area contributed by atoms with Crippen LogP contribution in [0.25, 0.3) is 0 Å². The number of rotatable bonds is 5. The number of hydrogen-bond acceptors (Lipinski definition) is 4. The Balaban J connectivity index is 2.79. The van der Waals surface area contributed by atoms with E-state index in [1.54, 1.807) is 18.0 Å². The summed E-state index contributed by atoms with van der Waals surface area (Å²) < 4.78 is 22.1. The predicted molar refractivity (Wildman–Crippen MR) is 71.8 cm³/mol. The number of hydrogen-bond donors (Lipinski definition) is 0. The van der Waals surface area contributed by atoms with E-state index >= 15 is 0 Å². The zero-order valence-electron chi connectivity index (χ0n) is 9.65. The van der Waals surface area contributed by atoms with E-state index < -0.39 is 9.84 Å². The molecule has 0 saturated carbocycles.